The van der Waals surface area contributed by atoms with Gasteiger partial charge in [-0.3, -0.25) is 4.57 Å². The van der Waals surface area contributed by atoms with E-state index in [0.717, 1.165) is 43.8 Å². The van der Waals surface area contributed by atoms with Crippen molar-refractivity contribution in [1.82, 2.24) is 18.9 Å². The molecule has 4 nitrogen and oxygen atoms in total. The normalized spacial score (nSPS) is 12.4. The molecule has 0 aliphatic rings. The monoisotopic (exact) mass is 716 g/mol. The van der Waals surface area contributed by atoms with Crippen LogP contribution in [0.1, 0.15) is 0 Å². The molecule has 5 heteroatoms. The fourth-order valence-electron chi connectivity index (χ4n) is 9.22. The first-order valence-electron chi connectivity index (χ1n) is 18.7. The molecule has 0 saturated carbocycles. The van der Waals surface area contributed by atoms with Crippen molar-refractivity contribution in [3.8, 4) is 28.3 Å². The number of aromatic nitrogens is 4. The first-order valence-corrected chi connectivity index (χ1v) is 19.5. The van der Waals surface area contributed by atoms with Gasteiger partial charge in [0, 0.05) is 48.0 Å². The second-order valence-electron chi connectivity index (χ2n) is 14.6. The van der Waals surface area contributed by atoms with Gasteiger partial charge >= 0.3 is 0 Å². The Hall–Kier alpha value is -7.08. The van der Waals surface area contributed by atoms with Crippen LogP contribution in [0.5, 0.6) is 0 Å². The van der Waals surface area contributed by atoms with E-state index in [4.69, 9.17) is 9.97 Å². The standard InChI is InChI=1S/C50H28N4S/c1-2-12-29(13-3-1)30-22-24-31(25-23-30)49-51-46-36-18-8-11-21-43(36)55-48(46)50(52-49)54-40-20-10-6-16-34(40)44-42(54)28-38-37-26-32-14-4-5-15-33(32)27-41(37)53-39-19-9-7-17-35(39)45(44)47(38)53/h1-28H. The van der Waals surface area contributed by atoms with Gasteiger partial charge in [-0.2, -0.15) is 0 Å². The van der Waals surface area contributed by atoms with Gasteiger partial charge in [0.05, 0.1) is 37.8 Å². The Labute approximate surface area is 318 Å². The number of benzene rings is 8. The van der Waals surface area contributed by atoms with Crippen LogP contribution >= 0.6 is 11.3 Å². The molecule has 55 heavy (non-hydrogen) atoms. The summed E-state index contributed by atoms with van der Waals surface area (Å²) in [5, 5.41) is 11.2. The molecule has 0 aliphatic heterocycles. The lowest BCUT2D eigenvalue weighted by Crippen LogP contribution is -2.01. The molecular weight excluding hydrogens is 689 g/mol. The van der Waals surface area contributed by atoms with Gasteiger partial charge < -0.3 is 4.40 Å². The zero-order chi connectivity index (χ0) is 35.8. The Morgan fingerprint density at radius 2 is 1.05 bits per heavy atom. The Morgan fingerprint density at radius 1 is 0.418 bits per heavy atom. The molecule has 0 unspecified atom stereocenters. The smallest absolute Gasteiger partial charge is 0.162 e. The number of thiophene rings is 1. The highest BCUT2D eigenvalue weighted by Crippen LogP contribution is 2.48. The van der Waals surface area contributed by atoms with Gasteiger partial charge in [-0.1, -0.05) is 133 Å². The van der Waals surface area contributed by atoms with E-state index in [1.54, 1.807) is 11.3 Å². The third-order valence-corrected chi connectivity index (χ3v) is 12.8. The third kappa shape index (κ3) is 3.94. The molecule has 0 atom stereocenters. The van der Waals surface area contributed by atoms with Crippen LogP contribution in [0.15, 0.2) is 170 Å². The van der Waals surface area contributed by atoms with Crippen molar-refractivity contribution in [3.05, 3.63) is 170 Å². The van der Waals surface area contributed by atoms with E-state index in [1.165, 1.54) is 75.5 Å². The molecule has 0 amide bonds. The van der Waals surface area contributed by atoms with Gasteiger partial charge in [0.25, 0.3) is 0 Å². The molecule has 5 heterocycles. The third-order valence-electron chi connectivity index (χ3n) is 11.6. The fourth-order valence-corrected chi connectivity index (χ4v) is 10.3. The summed E-state index contributed by atoms with van der Waals surface area (Å²) in [6.45, 7) is 0. The number of hydrogen-bond acceptors (Lipinski definition) is 3. The van der Waals surface area contributed by atoms with E-state index < -0.39 is 0 Å². The van der Waals surface area contributed by atoms with Crippen LogP contribution in [-0.4, -0.2) is 18.9 Å². The summed E-state index contributed by atoms with van der Waals surface area (Å²) in [5.41, 5.74) is 10.4. The summed E-state index contributed by atoms with van der Waals surface area (Å²) < 4.78 is 7.21. The first kappa shape index (κ1) is 29.4. The molecule has 254 valence electrons. The van der Waals surface area contributed by atoms with E-state index in [2.05, 4.69) is 179 Å². The van der Waals surface area contributed by atoms with Crippen molar-refractivity contribution in [2.45, 2.75) is 0 Å². The minimum atomic E-state index is 0.718. The molecule has 5 aromatic heterocycles. The van der Waals surface area contributed by atoms with Crippen molar-refractivity contribution in [1.29, 1.82) is 0 Å². The van der Waals surface area contributed by atoms with Crippen molar-refractivity contribution in [2.24, 2.45) is 0 Å². The van der Waals surface area contributed by atoms with E-state index >= 15 is 0 Å². The molecular formula is C50H28N4S. The lowest BCUT2D eigenvalue weighted by molar-refractivity contribution is 1.08. The summed E-state index contributed by atoms with van der Waals surface area (Å²) >= 11 is 1.78. The summed E-state index contributed by atoms with van der Waals surface area (Å²) in [4.78, 5) is 10.9. The van der Waals surface area contributed by atoms with Crippen LogP contribution in [-0.2, 0) is 0 Å². The van der Waals surface area contributed by atoms with Gasteiger partial charge in [0.2, 0.25) is 0 Å². The van der Waals surface area contributed by atoms with Crippen molar-refractivity contribution >= 4 is 102 Å². The van der Waals surface area contributed by atoms with Crippen molar-refractivity contribution in [2.75, 3.05) is 0 Å². The average Bonchev–Trinajstić information content (AvgIpc) is 3.98. The summed E-state index contributed by atoms with van der Waals surface area (Å²) in [5.74, 6) is 1.63. The van der Waals surface area contributed by atoms with E-state index in [9.17, 15) is 0 Å². The topological polar surface area (TPSA) is 35.1 Å². The predicted octanol–water partition coefficient (Wildman–Crippen LogP) is 13.6. The number of rotatable bonds is 3. The van der Waals surface area contributed by atoms with Crippen molar-refractivity contribution < 1.29 is 0 Å². The van der Waals surface area contributed by atoms with E-state index in [0.29, 0.717) is 0 Å². The Bertz CT molecular complexity index is 3700. The highest BCUT2D eigenvalue weighted by atomic mass is 32.1. The largest absolute Gasteiger partial charge is 0.308 e. The molecule has 0 bridgehead atoms. The Kier molecular flexibility index (Phi) is 5.74. The number of nitrogens with zero attached hydrogens (tertiary/aromatic N) is 4. The predicted molar refractivity (Wildman–Crippen MR) is 232 cm³/mol. The number of hydrogen-bond donors (Lipinski definition) is 0. The molecule has 0 fully saturated rings. The number of fused-ring (bicyclic) bond motifs is 14. The lowest BCUT2D eigenvalue weighted by Gasteiger charge is -2.11. The molecule has 0 N–H and O–H groups in total. The summed E-state index contributed by atoms with van der Waals surface area (Å²) in [7, 11) is 0. The minimum Gasteiger partial charge on any atom is -0.308 e. The van der Waals surface area contributed by atoms with E-state index in [1.807, 2.05) is 0 Å². The first-order chi connectivity index (χ1) is 27.3. The molecule has 0 saturated heterocycles. The van der Waals surface area contributed by atoms with Gasteiger partial charge in [-0.05, 0) is 58.3 Å². The second kappa shape index (κ2) is 10.8. The maximum atomic E-state index is 5.55. The van der Waals surface area contributed by atoms with Gasteiger partial charge in [0.15, 0.2) is 11.6 Å². The van der Waals surface area contributed by atoms with Crippen LogP contribution < -0.4 is 0 Å². The molecule has 13 rings (SSSR count). The van der Waals surface area contributed by atoms with Crippen LogP contribution in [0.2, 0.25) is 0 Å². The molecule has 13 aromatic rings. The lowest BCUT2D eigenvalue weighted by atomic mass is 10.0. The highest BCUT2D eigenvalue weighted by molar-refractivity contribution is 7.26. The summed E-state index contributed by atoms with van der Waals surface area (Å²) in [6, 6.07) is 61.5. The maximum Gasteiger partial charge on any atom is 0.162 e. The zero-order valence-corrected chi connectivity index (χ0v) is 30.2. The minimum absolute atomic E-state index is 0.718. The maximum absolute atomic E-state index is 5.55. The fraction of sp³-hybridized carbons (Fsp3) is 0. The molecule has 0 aliphatic carbocycles. The zero-order valence-electron chi connectivity index (χ0n) is 29.4. The Balaban J connectivity index is 1.19. The van der Waals surface area contributed by atoms with Gasteiger partial charge in [-0.25, -0.2) is 9.97 Å². The second-order valence-corrected chi connectivity index (χ2v) is 15.6. The molecule has 8 aromatic carbocycles. The van der Waals surface area contributed by atoms with E-state index in [-0.39, 0.29) is 0 Å². The van der Waals surface area contributed by atoms with Gasteiger partial charge in [-0.15, -0.1) is 11.3 Å². The van der Waals surface area contributed by atoms with Crippen LogP contribution in [0.4, 0.5) is 0 Å². The van der Waals surface area contributed by atoms with Crippen LogP contribution in [0, 0.1) is 0 Å². The Morgan fingerprint density at radius 3 is 1.87 bits per heavy atom. The molecule has 0 radical (unpaired) electrons. The van der Waals surface area contributed by atoms with Crippen LogP contribution in [0.3, 0.4) is 0 Å². The quantitative estimate of drug-likeness (QED) is 0.182. The highest BCUT2D eigenvalue weighted by Gasteiger charge is 2.26. The van der Waals surface area contributed by atoms with Crippen molar-refractivity contribution in [3.63, 3.8) is 0 Å². The van der Waals surface area contributed by atoms with Crippen LogP contribution in [0.25, 0.3) is 119 Å². The van der Waals surface area contributed by atoms with Gasteiger partial charge in [0.1, 0.15) is 0 Å². The summed E-state index contributed by atoms with van der Waals surface area (Å²) in [6.07, 6.45) is 0. The average molecular weight is 717 g/mol. The number of para-hydroxylation sites is 2. The molecule has 0 spiro atoms. The SMILES string of the molecule is c1ccc(-c2ccc(-c3nc(-n4c5ccccc5c5c6c7ccccc7n7c8cc9ccccc9cc8c(cc54)c67)c4sc5ccccc5c4n3)cc2)cc1.